The highest BCUT2D eigenvalue weighted by molar-refractivity contribution is 6.13. The minimum atomic E-state index is -4.45. The zero-order valence-corrected chi connectivity index (χ0v) is 15.9. The van der Waals surface area contributed by atoms with Gasteiger partial charge in [0, 0.05) is 12.6 Å². The van der Waals surface area contributed by atoms with Crippen LogP contribution in [0.25, 0.3) is 0 Å². The van der Waals surface area contributed by atoms with E-state index in [0.717, 1.165) is 0 Å². The molecular weight excluding hydrogens is 409 g/mol. The number of alkyl halides is 3. The normalized spacial score (nSPS) is 12.7. The third-order valence-corrected chi connectivity index (χ3v) is 3.83. The van der Waals surface area contributed by atoms with Crippen molar-refractivity contribution in [1.82, 2.24) is 15.1 Å². The Labute approximate surface area is 168 Å². The third kappa shape index (κ3) is 6.33. The Morgan fingerprint density at radius 2 is 2.03 bits per heavy atom. The Morgan fingerprint density at radius 3 is 2.60 bits per heavy atom. The van der Waals surface area contributed by atoms with Crippen LogP contribution in [0.4, 0.5) is 22.0 Å². The van der Waals surface area contributed by atoms with Crippen LogP contribution in [-0.2, 0) is 6.54 Å². The number of rotatable bonds is 7. The summed E-state index contributed by atoms with van der Waals surface area (Å²) in [5.41, 5.74) is 0.455. The average Bonchev–Trinajstić information content (AvgIpc) is 3.08. The molecule has 11 heteroatoms. The monoisotopic (exact) mass is 427 g/mol. The molecule has 0 amide bonds. The van der Waals surface area contributed by atoms with Crippen LogP contribution in [0.2, 0.25) is 0 Å². The van der Waals surface area contributed by atoms with Gasteiger partial charge in [-0.3, -0.25) is 19.5 Å². The number of carbonyl (C=O) groups is 1. The van der Waals surface area contributed by atoms with Gasteiger partial charge in [-0.2, -0.15) is 18.3 Å². The average molecular weight is 427 g/mol. The SMILES string of the molecule is C=C(F)C(=NCCC(F)(F)F)NC(=NC)c1cc(C=O)n(Cc2ccccc2F)n1. The first-order chi connectivity index (χ1) is 14.1. The Hall–Kier alpha value is -3.37. The number of nitrogens with zero attached hydrogens (tertiary/aromatic N) is 4. The van der Waals surface area contributed by atoms with Gasteiger partial charge in [-0.15, -0.1) is 0 Å². The van der Waals surface area contributed by atoms with Gasteiger partial charge in [-0.05, 0) is 12.1 Å². The number of hydrogen-bond donors (Lipinski definition) is 1. The lowest BCUT2D eigenvalue weighted by atomic mass is 10.2. The summed E-state index contributed by atoms with van der Waals surface area (Å²) in [4.78, 5) is 18.8. The molecule has 30 heavy (non-hydrogen) atoms. The summed E-state index contributed by atoms with van der Waals surface area (Å²) in [7, 11) is 1.33. The molecule has 2 aromatic rings. The molecule has 160 valence electrons. The summed E-state index contributed by atoms with van der Waals surface area (Å²) < 4.78 is 65.6. The van der Waals surface area contributed by atoms with Crippen LogP contribution in [0.1, 0.15) is 28.2 Å². The van der Waals surface area contributed by atoms with Crippen molar-refractivity contribution in [3.63, 3.8) is 0 Å². The van der Waals surface area contributed by atoms with E-state index in [4.69, 9.17) is 0 Å². The molecule has 0 fully saturated rings. The number of benzene rings is 1. The molecule has 2 rings (SSSR count). The lowest BCUT2D eigenvalue weighted by molar-refractivity contribution is -0.132. The Morgan fingerprint density at radius 1 is 1.33 bits per heavy atom. The maximum absolute atomic E-state index is 13.9. The molecule has 0 aliphatic rings. The quantitative estimate of drug-likeness (QED) is 0.317. The number of hydrogen-bond acceptors (Lipinski definition) is 4. The Kier molecular flexibility index (Phi) is 7.56. The van der Waals surface area contributed by atoms with Crippen molar-refractivity contribution in [2.75, 3.05) is 13.6 Å². The summed E-state index contributed by atoms with van der Waals surface area (Å²) in [6, 6.07) is 7.25. The molecule has 0 saturated carbocycles. The van der Waals surface area contributed by atoms with Crippen molar-refractivity contribution in [2.45, 2.75) is 19.1 Å². The fourth-order valence-corrected chi connectivity index (χ4v) is 2.39. The van der Waals surface area contributed by atoms with Gasteiger partial charge in [0.05, 0.1) is 19.5 Å². The topological polar surface area (TPSA) is 71.6 Å². The maximum Gasteiger partial charge on any atom is 0.390 e. The van der Waals surface area contributed by atoms with Gasteiger partial charge in [0.25, 0.3) is 0 Å². The lowest BCUT2D eigenvalue weighted by Gasteiger charge is -2.10. The van der Waals surface area contributed by atoms with E-state index >= 15 is 0 Å². The van der Waals surface area contributed by atoms with E-state index in [1.54, 1.807) is 6.07 Å². The van der Waals surface area contributed by atoms with Crippen LogP contribution < -0.4 is 5.32 Å². The zero-order chi connectivity index (χ0) is 22.3. The second kappa shape index (κ2) is 9.90. The molecule has 0 atom stereocenters. The number of amidine groups is 2. The molecule has 0 unspecified atom stereocenters. The number of aldehydes is 1. The van der Waals surface area contributed by atoms with Crippen LogP contribution in [-0.4, -0.2) is 47.5 Å². The molecule has 0 spiro atoms. The van der Waals surface area contributed by atoms with Gasteiger partial charge < -0.3 is 5.32 Å². The van der Waals surface area contributed by atoms with Gasteiger partial charge in [0.15, 0.2) is 23.8 Å². The standard InChI is InChI=1S/C19H18F5N5O/c1-12(20)17(26-8-7-19(22,23)24)27-18(25-2)16-9-14(11-30)29(28-16)10-13-5-3-4-6-15(13)21/h3-6,9,11H,1,7-8,10H2,2H3,(H,25,26,27). The predicted octanol–water partition coefficient (Wildman–Crippen LogP) is 3.68. The second-order valence-electron chi connectivity index (χ2n) is 6.02. The van der Waals surface area contributed by atoms with Crippen molar-refractivity contribution in [3.05, 3.63) is 65.5 Å². The van der Waals surface area contributed by atoms with Gasteiger partial charge in [0.2, 0.25) is 0 Å². The minimum Gasteiger partial charge on any atom is -0.321 e. The van der Waals surface area contributed by atoms with E-state index in [0.29, 0.717) is 6.29 Å². The van der Waals surface area contributed by atoms with Gasteiger partial charge >= 0.3 is 6.18 Å². The highest BCUT2D eigenvalue weighted by Gasteiger charge is 2.26. The van der Waals surface area contributed by atoms with Crippen LogP contribution in [0.15, 0.2) is 52.7 Å². The first-order valence-electron chi connectivity index (χ1n) is 8.61. The Balaban J connectivity index is 2.26. The van der Waals surface area contributed by atoms with Crippen LogP contribution in [0.3, 0.4) is 0 Å². The molecule has 0 bridgehead atoms. The number of halogens is 5. The zero-order valence-electron chi connectivity index (χ0n) is 15.9. The van der Waals surface area contributed by atoms with E-state index in [9.17, 15) is 26.7 Å². The van der Waals surface area contributed by atoms with Gasteiger partial charge in [-0.1, -0.05) is 24.8 Å². The van der Waals surface area contributed by atoms with Crippen LogP contribution in [0, 0.1) is 5.82 Å². The van der Waals surface area contributed by atoms with Crippen LogP contribution in [0.5, 0.6) is 0 Å². The smallest absolute Gasteiger partial charge is 0.321 e. The first kappa shape index (κ1) is 22.9. The fourth-order valence-electron chi connectivity index (χ4n) is 2.39. The van der Waals surface area contributed by atoms with E-state index < -0.39 is 36.6 Å². The summed E-state index contributed by atoms with van der Waals surface area (Å²) >= 11 is 0. The van der Waals surface area contributed by atoms with Crippen molar-refractivity contribution in [3.8, 4) is 0 Å². The van der Waals surface area contributed by atoms with E-state index in [2.05, 4.69) is 27.0 Å². The molecular formula is C19H18F5N5O. The number of aliphatic imine (C=N–C) groups is 2. The summed E-state index contributed by atoms with van der Waals surface area (Å²) in [6.07, 6.45) is -5.19. The number of carbonyl (C=O) groups excluding carboxylic acids is 1. The van der Waals surface area contributed by atoms with Crippen molar-refractivity contribution >= 4 is 18.0 Å². The molecule has 1 aromatic heterocycles. The molecule has 0 aliphatic heterocycles. The molecule has 6 nitrogen and oxygen atoms in total. The molecule has 0 radical (unpaired) electrons. The van der Waals surface area contributed by atoms with Crippen molar-refractivity contribution < 1.29 is 26.7 Å². The summed E-state index contributed by atoms with van der Waals surface area (Å²) in [6.45, 7) is 2.27. The highest BCUT2D eigenvalue weighted by Crippen LogP contribution is 2.19. The molecule has 1 heterocycles. The fraction of sp³-hybridized carbons (Fsp3) is 0.263. The van der Waals surface area contributed by atoms with Crippen LogP contribution >= 0.6 is 0 Å². The molecule has 0 aliphatic carbocycles. The molecule has 0 saturated heterocycles. The van der Waals surface area contributed by atoms with Gasteiger partial charge in [-0.25, -0.2) is 8.78 Å². The van der Waals surface area contributed by atoms with E-state index in [1.807, 2.05) is 0 Å². The summed E-state index contributed by atoms with van der Waals surface area (Å²) in [5.74, 6) is -2.19. The second-order valence-corrected chi connectivity index (χ2v) is 6.02. The summed E-state index contributed by atoms with van der Waals surface area (Å²) in [5, 5.41) is 6.60. The largest absolute Gasteiger partial charge is 0.390 e. The lowest BCUT2D eigenvalue weighted by Crippen LogP contribution is -2.32. The Bertz CT molecular complexity index is 978. The van der Waals surface area contributed by atoms with Crippen molar-refractivity contribution in [2.24, 2.45) is 9.98 Å². The number of nitrogens with one attached hydrogen (secondary N) is 1. The van der Waals surface area contributed by atoms with Gasteiger partial charge in [0.1, 0.15) is 17.2 Å². The first-order valence-corrected chi connectivity index (χ1v) is 8.61. The molecule has 1 aromatic carbocycles. The van der Waals surface area contributed by atoms with Crippen molar-refractivity contribution in [1.29, 1.82) is 0 Å². The maximum atomic E-state index is 13.9. The highest BCUT2D eigenvalue weighted by atomic mass is 19.4. The van der Waals surface area contributed by atoms with E-state index in [-0.39, 0.29) is 29.3 Å². The van der Waals surface area contributed by atoms with E-state index in [1.165, 1.54) is 36.0 Å². The predicted molar refractivity (Wildman–Crippen MR) is 102 cm³/mol. The minimum absolute atomic E-state index is 0.0555. The molecule has 1 N–H and O–H groups in total. The number of aromatic nitrogens is 2. The third-order valence-electron chi connectivity index (χ3n) is 3.83.